The van der Waals surface area contributed by atoms with Gasteiger partial charge in [0.15, 0.2) is 0 Å². The van der Waals surface area contributed by atoms with Crippen molar-refractivity contribution in [3.05, 3.63) is 65.9 Å². The van der Waals surface area contributed by atoms with Crippen molar-refractivity contribution < 1.29 is 4.79 Å². The van der Waals surface area contributed by atoms with Crippen LogP contribution in [0, 0.1) is 17.7 Å². The maximum Gasteiger partial charge on any atom is 0.274 e. The average molecular weight is 401 g/mol. The first-order valence-electron chi connectivity index (χ1n) is 9.72. The van der Waals surface area contributed by atoms with Crippen molar-refractivity contribution in [1.29, 1.82) is 10.8 Å². The lowest BCUT2D eigenvalue weighted by Crippen LogP contribution is -2.31. The summed E-state index contributed by atoms with van der Waals surface area (Å²) >= 11 is 0. The molecule has 0 spiro atoms. The number of imidazole rings is 1. The van der Waals surface area contributed by atoms with E-state index in [4.69, 9.17) is 10.8 Å². The molecule has 4 rings (SSSR count). The molecule has 1 amide bonds. The number of hydrogen-bond donors (Lipinski definition) is 3. The molecule has 0 atom stereocenters. The molecule has 0 saturated heterocycles. The summed E-state index contributed by atoms with van der Waals surface area (Å²) in [6, 6.07) is 10.9. The van der Waals surface area contributed by atoms with Gasteiger partial charge in [-0.3, -0.25) is 20.6 Å². The van der Waals surface area contributed by atoms with Crippen LogP contribution in [-0.2, 0) is 7.05 Å². The first kappa shape index (κ1) is 19.5. The van der Waals surface area contributed by atoms with Crippen LogP contribution in [0.15, 0.2) is 48.8 Å². The van der Waals surface area contributed by atoms with E-state index in [9.17, 15) is 4.79 Å². The molecule has 2 aromatic heterocycles. The number of carbonyl (C=O) groups is 1. The van der Waals surface area contributed by atoms with Gasteiger partial charge in [0.2, 0.25) is 0 Å². The summed E-state index contributed by atoms with van der Waals surface area (Å²) in [5.41, 5.74) is 3.29. The molecule has 0 bridgehead atoms. The molecular formula is C22H23N7O. The highest BCUT2D eigenvalue weighted by molar-refractivity contribution is 6.06. The number of rotatable bonds is 6. The standard InChI is InChI=1S/C22H23N7O/c1-14-26-12-20(28(14)2)15-8-9-25-19(11-15)22(30)27-17-5-3-4-16(10-17)21(24)29(13-23)18-6-7-18/h3-5,8-13,18,23-24H,6-7H2,1-2H3,(H,27,30). The maximum absolute atomic E-state index is 12.8. The van der Waals surface area contributed by atoms with E-state index >= 15 is 0 Å². The molecule has 1 aromatic carbocycles. The smallest absolute Gasteiger partial charge is 0.274 e. The Morgan fingerprint density at radius 2 is 2.07 bits per heavy atom. The van der Waals surface area contributed by atoms with Gasteiger partial charge in [-0.05, 0) is 44.0 Å². The zero-order valence-electron chi connectivity index (χ0n) is 16.9. The summed E-state index contributed by atoms with van der Waals surface area (Å²) in [6.45, 7) is 1.92. The highest BCUT2D eigenvalue weighted by Crippen LogP contribution is 2.27. The van der Waals surface area contributed by atoms with Crippen LogP contribution in [0.3, 0.4) is 0 Å². The Labute approximate surface area is 174 Å². The minimum atomic E-state index is -0.328. The molecule has 8 heteroatoms. The van der Waals surface area contributed by atoms with Crippen LogP contribution in [-0.4, -0.2) is 43.6 Å². The number of benzene rings is 1. The van der Waals surface area contributed by atoms with Gasteiger partial charge in [-0.15, -0.1) is 0 Å². The van der Waals surface area contributed by atoms with E-state index in [1.54, 1.807) is 47.6 Å². The molecule has 0 aliphatic heterocycles. The number of carbonyl (C=O) groups excluding carboxylic acids is 1. The Kier molecular flexibility index (Phi) is 5.14. The quantitative estimate of drug-likeness (QED) is 0.434. The Morgan fingerprint density at radius 1 is 1.27 bits per heavy atom. The molecule has 3 N–H and O–H groups in total. The van der Waals surface area contributed by atoms with Gasteiger partial charge in [-0.1, -0.05) is 12.1 Å². The van der Waals surface area contributed by atoms with Crippen LogP contribution in [0.5, 0.6) is 0 Å². The molecule has 8 nitrogen and oxygen atoms in total. The lowest BCUT2D eigenvalue weighted by atomic mass is 10.1. The van der Waals surface area contributed by atoms with Gasteiger partial charge in [0.05, 0.1) is 18.2 Å². The number of aryl methyl sites for hydroxylation is 1. The minimum absolute atomic E-state index is 0.232. The molecule has 1 fully saturated rings. The SMILES string of the molecule is Cc1ncc(-c2ccnc(C(=O)Nc3cccc(C(=N)N(C=N)C4CC4)c3)c2)n1C. The van der Waals surface area contributed by atoms with E-state index in [2.05, 4.69) is 15.3 Å². The first-order chi connectivity index (χ1) is 14.5. The molecular weight excluding hydrogens is 378 g/mol. The second-order valence-electron chi connectivity index (χ2n) is 7.33. The third kappa shape index (κ3) is 3.84. The Morgan fingerprint density at radius 3 is 2.73 bits per heavy atom. The van der Waals surface area contributed by atoms with Gasteiger partial charge in [0.25, 0.3) is 5.91 Å². The number of nitrogens with zero attached hydrogens (tertiary/aromatic N) is 4. The number of aromatic nitrogens is 3. The minimum Gasteiger partial charge on any atom is -0.331 e. The maximum atomic E-state index is 12.8. The number of hydrogen-bond acceptors (Lipinski definition) is 5. The molecule has 2 heterocycles. The number of amidine groups is 1. The highest BCUT2D eigenvalue weighted by atomic mass is 16.1. The molecule has 1 aliphatic rings. The lowest BCUT2D eigenvalue weighted by molar-refractivity contribution is 0.102. The average Bonchev–Trinajstić information content (AvgIpc) is 3.54. The third-order valence-corrected chi connectivity index (χ3v) is 5.24. The van der Waals surface area contributed by atoms with Crippen LogP contribution in [0.4, 0.5) is 5.69 Å². The lowest BCUT2D eigenvalue weighted by Gasteiger charge is -2.19. The number of amides is 1. The van der Waals surface area contributed by atoms with Gasteiger partial charge in [0, 0.05) is 36.1 Å². The molecule has 0 unspecified atom stereocenters. The van der Waals surface area contributed by atoms with Crippen molar-refractivity contribution in [2.24, 2.45) is 7.05 Å². The summed E-state index contributed by atoms with van der Waals surface area (Å²) in [5.74, 6) is 0.818. The molecule has 30 heavy (non-hydrogen) atoms. The van der Waals surface area contributed by atoms with Crippen molar-refractivity contribution in [3.8, 4) is 11.3 Å². The summed E-state index contributed by atoms with van der Waals surface area (Å²) < 4.78 is 1.96. The predicted molar refractivity (Wildman–Crippen MR) is 116 cm³/mol. The summed E-state index contributed by atoms with van der Waals surface area (Å²) in [7, 11) is 1.93. The van der Waals surface area contributed by atoms with Gasteiger partial charge >= 0.3 is 0 Å². The van der Waals surface area contributed by atoms with E-state index < -0.39 is 0 Å². The summed E-state index contributed by atoms with van der Waals surface area (Å²) in [5, 5.41) is 18.8. The van der Waals surface area contributed by atoms with Gasteiger partial charge in [0.1, 0.15) is 17.4 Å². The van der Waals surface area contributed by atoms with Crippen LogP contribution in [0.2, 0.25) is 0 Å². The number of anilines is 1. The molecule has 1 saturated carbocycles. The van der Waals surface area contributed by atoms with Crippen molar-refractivity contribution in [1.82, 2.24) is 19.4 Å². The zero-order chi connectivity index (χ0) is 21.3. The van der Waals surface area contributed by atoms with Crippen molar-refractivity contribution in [2.45, 2.75) is 25.8 Å². The number of pyridine rings is 1. The highest BCUT2D eigenvalue weighted by Gasteiger charge is 2.30. The van der Waals surface area contributed by atoms with Crippen LogP contribution in [0.1, 0.15) is 34.7 Å². The molecule has 3 aromatic rings. The topological polar surface area (TPSA) is 111 Å². The Hall–Kier alpha value is -3.81. The predicted octanol–water partition coefficient (Wildman–Crippen LogP) is 3.44. The third-order valence-electron chi connectivity index (χ3n) is 5.24. The first-order valence-corrected chi connectivity index (χ1v) is 9.72. The molecule has 1 aliphatic carbocycles. The summed E-state index contributed by atoms with van der Waals surface area (Å²) in [4.78, 5) is 22.9. The Balaban J connectivity index is 1.53. The fourth-order valence-electron chi connectivity index (χ4n) is 3.28. The van der Waals surface area contributed by atoms with E-state index in [0.29, 0.717) is 16.9 Å². The fourth-order valence-corrected chi connectivity index (χ4v) is 3.28. The van der Waals surface area contributed by atoms with Gasteiger partial charge in [-0.2, -0.15) is 0 Å². The second kappa shape index (κ2) is 7.90. The van der Waals surface area contributed by atoms with Gasteiger partial charge < -0.3 is 14.8 Å². The molecule has 152 valence electrons. The van der Waals surface area contributed by atoms with Crippen molar-refractivity contribution in [2.75, 3.05) is 5.32 Å². The molecule has 0 radical (unpaired) electrons. The fraction of sp³-hybridized carbons (Fsp3) is 0.227. The van der Waals surface area contributed by atoms with Crippen LogP contribution >= 0.6 is 0 Å². The van der Waals surface area contributed by atoms with E-state index in [-0.39, 0.29) is 17.8 Å². The largest absolute Gasteiger partial charge is 0.331 e. The van der Waals surface area contributed by atoms with Crippen LogP contribution in [0.25, 0.3) is 11.3 Å². The second-order valence-corrected chi connectivity index (χ2v) is 7.33. The Bertz CT molecular complexity index is 1130. The normalized spacial score (nSPS) is 13.0. The van der Waals surface area contributed by atoms with E-state index in [0.717, 1.165) is 29.9 Å². The van der Waals surface area contributed by atoms with Crippen LogP contribution < -0.4 is 5.32 Å². The number of nitrogens with one attached hydrogen (secondary N) is 3. The van der Waals surface area contributed by atoms with E-state index in [1.165, 1.54) is 6.34 Å². The zero-order valence-corrected chi connectivity index (χ0v) is 16.9. The monoisotopic (exact) mass is 401 g/mol. The van der Waals surface area contributed by atoms with Crippen molar-refractivity contribution in [3.63, 3.8) is 0 Å². The van der Waals surface area contributed by atoms with Crippen molar-refractivity contribution >= 4 is 23.8 Å². The van der Waals surface area contributed by atoms with Gasteiger partial charge in [-0.25, -0.2) is 4.98 Å². The van der Waals surface area contributed by atoms with E-state index in [1.807, 2.05) is 24.6 Å². The summed E-state index contributed by atoms with van der Waals surface area (Å²) in [6.07, 6.45) is 6.56.